The van der Waals surface area contributed by atoms with Gasteiger partial charge >= 0.3 is 0 Å². The molecule has 0 spiro atoms. The quantitative estimate of drug-likeness (QED) is 0.875. The summed E-state index contributed by atoms with van der Waals surface area (Å²) >= 11 is 0. The van der Waals surface area contributed by atoms with Crippen molar-refractivity contribution >= 4 is 5.69 Å². The van der Waals surface area contributed by atoms with E-state index in [1.807, 2.05) is 0 Å². The number of likely N-dealkylation sites (N-methyl/N-ethyl adjacent to an activating group) is 1. The summed E-state index contributed by atoms with van der Waals surface area (Å²) in [6.45, 7) is 4.54. The Balaban J connectivity index is 1.58. The average Bonchev–Trinajstić information content (AvgIpc) is 2.90. The van der Waals surface area contributed by atoms with E-state index in [1.165, 1.54) is 68.3 Å². The molecule has 3 rings (SSSR count). The molecule has 1 fully saturated rings. The van der Waals surface area contributed by atoms with E-state index in [0.717, 1.165) is 12.5 Å². The van der Waals surface area contributed by atoms with E-state index >= 15 is 0 Å². The van der Waals surface area contributed by atoms with E-state index in [0.29, 0.717) is 6.04 Å². The number of nitrogens with one attached hydrogen (secondary N) is 1. The molecule has 1 aromatic rings. The minimum absolute atomic E-state index is 0.709. The Bertz CT molecular complexity index is 463. The molecule has 1 saturated carbocycles. The lowest BCUT2D eigenvalue weighted by molar-refractivity contribution is 0.262. The molecule has 1 heterocycles. The monoisotopic (exact) mass is 286 g/mol. The molecule has 116 valence electrons. The Morgan fingerprint density at radius 3 is 2.81 bits per heavy atom. The molecule has 0 bridgehead atoms. The molecule has 1 aliphatic carbocycles. The first-order valence-corrected chi connectivity index (χ1v) is 8.84. The van der Waals surface area contributed by atoms with Crippen LogP contribution in [-0.2, 0) is 13.0 Å². The predicted molar refractivity (Wildman–Crippen MR) is 90.9 cm³/mol. The molecule has 1 atom stereocenters. The van der Waals surface area contributed by atoms with Crippen LogP contribution in [0.1, 0.15) is 56.6 Å². The largest absolute Gasteiger partial charge is 0.374 e. The highest BCUT2D eigenvalue weighted by Crippen LogP contribution is 2.29. The maximum atomic E-state index is 3.84. The maximum absolute atomic E-state index is 3.84. The molecule has 0 amide bonds. The maximum Gasteiger partial charge on any atom is 0.0397 e. The Labute approximate surface area is 129 Å². The summed E-state index contributed by atoms with van der Waals surface area (Å²) in [5, 5.41) is 3.84. The normalized spacial score (nSPS) is 20.6. The van der Waals surface area contributed by atoms with Crippen molar-refractivity contribution < 1.29 is 0 Å². The Morgan fingerprint density at radius 2 is 2.05 bits per heavy atom. The molecule has 0 saturated heterocycles. The molecule has 2 aliphatic rings. The lowest BCUT2D eigenvalue weighted by Crippen LogP contribution is -2.36. The van der Waals surface area contributed by atoms with Gasteiger partial charge in [-0.1, -0.05) is 38.3 Å². The first-order valence-electron chi connectivity index (χ1n) is 8.84. The average molecular weight is 286 g/mol. The minimum atomic E-state index is 0.709. The van der Waals surface area contributed by atoms with E-state index in [2.05, 4.69) is 42.4 Å². The lowest BCUT2D eigenvalue weighted by atomic mass is 9.83. The molecular formula is C19H30N2. The van der Waals surface area contributed by atoms with Gasteiger partial charge in [-0.3, -0.25) is 0 Å². The Kier molecular flexibility index (Phi) is 4.84. The second-order valence-electron chi connectivity index (χ2n) is 6.93. The molecule has 1 N–H and O–H groups in total. The SMILES string of the molecule is CCC(NCc1ccc2c(c1)CCN2C)C1CCCCC1. The lowest BCUT2D eigenvalue weighted by Gasteiger charge is -2.30. The topological polar surface area (TPSA) is 15.3 Å². The van der Waals surface area contributed by atoms with Gasteiger partial charge < -0.3 is 10.2 Å². The zero-order valence-electron chi connectivity index (χ0n) is 13.7. The molecule has 1 unspecified atom stereocenters. The number of benzene rings is 1. The fourth-order valence-electron chi connectivity index (χ4n) is 4.16. The number of hydrogen-bond donors (Lipinski definition) is 1. The smallest absolute Gasteiger partial charge is 0.0397 e. The van der Waals surface area contributed by atoms with E-state index in [-0.39, 0.29) is 0 Å². The van der Waals surface area contributed by atoms with Crippen molar-refractivity contribution in [1.82, 2.24) is 5.32 Å². The van der Waals surface area contributed by atoms with E-state index in [4.69, 9.17) is 0 Å². The van der Waals surface area contributed by atoms with Gasteiger partial charge in [0, 0.05) is 31.9 Å². The van der Waals surface area contributed by atoms with Gasteiger partial charge in [0.25, 0.3) is 0 Å². The van der Waals surface area contributed by atoms with Crippen LogP contribution < -0.4 is 10.2 Å². The highest BCUT2D eigenvalue weighted by Gasteiger charge is 2.22. The van der Waals surface area contributed by atoms with Crippen LogP contribution in [0, 0.1) is 5.92 Å². The summed E-state index contributed by atoms with van der Waals surface area (Å²) < 4.78 is 0. The third-order valence-electron chi connectivity index (χ3n) is 5.50. The van der Waals surface area contributed by atoms with Crippen molar-refractivity contribution in [2.75, 3.05) is 18.5 Å². The van der Waals surface area contributed by atoms with Gasteiger partial charge in [-0.2, -0.15) is 0 Å². The summed E-state index contributed by atoms with van der Waals surface area (Å²) in [5.74, 6) is 0.907. The Morgan fingerprint density at radius 1 is 1.24 bits per heavy atom. The summed E-state index contributed by atoms with van der Waals surface area (Å²) in [7, 11) is 2.19. The number of nitrogens with zero attached hydrogens (tertiary/aromatic N) is 1. The van der Waals surface area contributed by atoms with Crippen molar-refractivity contribution in [2.45, 2.75) is 64.5 Å². The first kappa shape index (κ1) is 14.9. The van der Waals surface area contributed by atoms with Gasteiger partial charge in [-0.05, 0) is 48.8 Å². The number of fused-ring (bicyclic) bond motifs is 1. The molecule has 2 heteroatoms. The predicted octanol–water partition coefficient (Wildman–Crippen LogP) is 4.13. The van der Waals surface area contributed by atoms with Crippen molar-refractivity contribution in [3.63, 3.8) is 0 Å². The molecule has 1 aliphatic heterocycles. The molecule has 0 radical (unpaired) electrons. The van der Waals surface area contributed by atoms with Gasteiger partial charge in [0.2, 0.25) is 0 Å². The zero-order valence-corrected chi connectivity index (χ0v) is 13.7. The van der Waals surface area contributed by atoms with Crippen molar-refractivity contribution in [3.8, 4) is 0 Å². The van der Waals surface area contributed by atoms with Crippen LogP contribution in [0.2, 0.25) is 0 Å². The van der Waals surface area contributed by atoms with Gasteiger partial charge in [-0.15, -0.1) is 0 Å². The molecule has 2 nitrogen and oxygen atoms in total. The van der Waals surface area contributed by atoms with Gasteiger partial charge in [0.05, 0.1) is 0 Å². The number of anilines is 1. The number of hydrogen-bond acceptors (Lipinski definition) is 2. The fraction of sp³-hybridized carbons (Fsp3) is 0.684. The van der Waals surface area contributed by atoms with Crippen LogP contribution in [0.3, 0.4) is 0 Å². The Hall–Kier alpha value is -1.02. The molecule has 1 aromatic carbocycles. The summed E-state index contributed by atoms with van der Waals surface area (Å²) in [4.78, 5) is 2.36. The van der Waals surface area contributed by atoms with Crippen molar-refractivity contribution in [2.24, 2.45) is 5.92 Å². The van der Waals surface area contributed by atoms with Gasteiger partial charge in [0.1, 0.15) is 0 Å². The second-order valence-corrected chi connectivity index (χ2v) is 6.93. The number of rotatable bonds is 5. The minimum Gasteiger partial charge on any atom is -0.374 e. The highest BCUT2D eigenvalue weighted by molar-refractivity contribution is 5.58. The van der Waals surface area contributed by atoms with Crippen LogP contribution in [0.25, 0.3) is 0 Å². The van der Waals surface area contributed by atoms with Crippen molar-refractivity contribution in [1.29, 1.82) is 0 Å². The highest BCUT2D eigenvalue weighted by atomic mass is 15.1. The first-order chi connectivity index (χ1) is 10.3. The van der Waals surface area contributed by atoms with Crippen LogP contribution in [0.4, 0.5) is 5.69 Å². The molecular weight excluding hydrogens is 256 g/mol. The standard InChI is InChI=1S/C19H30N2/c1-3-18(16-7-5-4-6-8-16)20-14-15-9-10-19-17(13-15)11-12-21(19)2/h9-10,13,16,18,20H,3-8,11-12,14H2,1-2H3. The van der Waals surface area contributed by atoms with Crippen LogP contribution in [-0.4, -0.2) is 19.6 Å². The van der Waals surface area contributed by atoms with E-state index in [1.54, 1.807) is 0 Å². The van der Waals surface area contributed by atoms with Crippen molar-refractivity contribution in [3.05, 3.63) is 29.3 Å². The fourth-order valence-corrected chi connectivity index (χ4v) is 4.16. The summed E-state index contributed by atoms with van der Waals surface area (Å²) in [6, 6.07) is 7.74. The van der Waals surface area contributed by atoms with E-state index in [9.17, 15) is 0 Å². The third kappa shape index (κ3) is 3.42. The van der Waals surface area contributed by atoms with Crippen LogP contribution in [0.15, 0.2) is 18.2 Å². The molecule has 21 heavy (non-hydrogen) atoms. The van der Waals surface area contributed by atoms with Gasteiger partial charge in [0.15, 0.2) is 0 Å². The summed E-state index contributed by atoms with van der Waals surface area (Å²) in [5.41, 5.74) is 4.42. The third-order valence-corrected chi connectivity index (χ3v) is 5.50. The van der Waals surface area contributed by atoms with Crippen LogP contribution in [0.5, 0.6) is 0 Å². The zero-order chi connectivity index (χ0) is 14.7. The summed E-state index contributed by atoms with van der Waals surface area (Å²) in [6.07, 6.45) is 9.66. The molecule has 0 aromatic heterocycles. The second kappa shape index (κ2) is 6.83. The van der Waals surface area contributed by atoms with Crippen LogP contribution >= 0.6 is 0 Å². The van der Waals surface area contributed by atoms with Gasteiger partial charge in [-0.25, -0.2) is 0 Å². The van der Waals surface area contributed by atoms with E-state index < -0.39 is 0 Å².